The van der Waals surface area contributed by atoms with Crippen molar-refractivity contribution in [1.29, 1.82) is 0 Å². The van der Waals surface area contributed by atoms with Gasteiger partial charge in [-0.3, -0.25) is 9.78 Å². The first-order valence-electron chi connectivity index (χ1n) is 10.1. The molecule has 2 aromatic rings. The van der Waals surface area contributed by atoms with Crippen molar-refractivity contribution in [2.45, 2.75) is 62.5 Å². The molecule has 1 atom stereocenters. The maximum atomic E-state index is 13.6. The quantitative estimate of drug-likeness (QED) is 0.845. The zero-order chi connectivity index (χ0) is 18.7. The van der Waals surface area contributed by atoms with Crippen LogP contribution in [-0.4, -0.2) is 22.1 Å². The number of aromatic nitrogens is 1. The fourth-order valence-corrected chi connectivity index (χ4v) is 4.73. The predicted octanol–water partition coefficient (Wildman–Crippen LogP) is 3.91. The Kier molecular flexibility index (Phi) is 5.26. The molecule has 27 heavy (non-hydrogen) atoms. The van der Waals surface area contributed by atoms with Gasteiger partial charge in [0.25, 0.3) is 0 Å². The predicted molar refractivity (Wildman–Crippen MR) is 105 cm³/mol. The van der Waals surface area contributed by atoms with Crippen LogP contribution in [-0.2, 0) is 10.2 Å². The number of pyridine rings is 1. The Morgan fingerprint density at radius 1 is 1.04 bits per heavy atom. The van der Waals surface area contributed by atoms with Crippen LogP contribution in [0.25, 0.3) is 0 Å². The molecule has 2 aliphatic rings. The number of hydrogen-bond donors (Lipinski definition) is 2. The molecule has 0 radical (unpaired) electrons. The van der Waals surface area contributed by atoms with E-state index >= 15 is 0 Å². The van der Waals surface area contributed by atoms with Crippen LogP contribution in [0.15, 0.2) is 54.7 Å². The molecule has 0 saturated heterocycles. The Bertz CT molecular complexity index is 750. The summed E-state index contributed by atoms with van der Waals surface area (Å²) < 4.78 is 0. The number of carbonyl (C=O) groups is 1. The maximum absolute atomic E-state index is 13.6. The lowest BCUT2D eigenvalue weighted by Gasteiger charge is -2.41. The van der Waals surface area contributed by atoms with Crippen LogP contribution >= 0.6 is 0 Å². The van der Waals surface area contributed by atoms with E-state index in [2.05, 4.69) is 22.4 Å². The lowest BCUT2D eigenvalue weighted by atomic mass is 9.68. The number of nitrogens with zero attached hydrogens (tertiary/aromatic N) is 1. The van der Waals surface area contributed by atoms with Crippen molar-refractivity contribution in [3.05, 3.63) is 66.0 Å². The number of benzene rings is 1. The standard InChI is InChI=1S/C23H28N2O2/c26-19-15-17(16-19)21(20-11-5-8-14-24-20)25-22(27)23(12-6-2-7-13-23)18-9-3-1-4-10-18/h1,3-5,8-11,14,17,19,21,26H,2,6-7,12-13,15-16H2,(H,25,27)/t17?,19?,21-/m0/s1. The SMILES string of the molecule is O=C(N[C@H](c1ccccn1)C1CC(O)C1)C1(c2ccccc2)CCCCC1. The second kappa shape index (κ2) is 7.81. The maximum Gasteiger partial charge on any atom is 0.231 e. The summed E-state index contributed by atoms with van der Waals surface area (Å²) in [5, 5.41) is 13.1. The van der Waals surface area contributed by atoms with Gasteiger partial charge >= 0.3 is 0 Å². The van der Waals surface area contributed by atoms with Crippen LogP contribution in [0, 0.1) is 5.92 Å². The van der Waals surface area contributed by atoms with Crippen molar-refractivity contribution in [2.75, 3.05) is 0 Å². The number of nitrogens with one attached hydrogen (secondary N) is 1. The summed E-state index contributed by atoms with van der Waals surface area (Å²) in [6.45, 7) is 0. The highest BCUT2D eigenvalue weighted by atomic mass is 16.3. The third-order valence-electron chi connectivity index (χ3n) is 6.38. The third-order valence-corrected chi connectivity index (χ3v) is 6.38. The molecule has 4 heteroatoms. The molecular weight excluding hydrogens is 336 g/mol. The molecule has 4 nitrogen and oxygen atoms in total. The van der Waals surface area contributed by atoms with Gasteiger partial charge in [-0.05, 0) is 49.3 Å². The van der Waals surface area contributed by atoms with E-state index in [1.165, 1.54) is 6.42 Å². The smallest absolute Gasteiger partial charge is 0.231 e. The summed E-state index contributed by atoms with van der Waals surface area (Å²) in [5.74, 6) is 0.362. The zero-order valence-electron chi connectivity index (χ0n) is 15.7. The molecule has 0 bridgehead atoms. The Morgan fingerprint density at radius 3 is 2.37 bits per heavy atom. The molecule has 0 spiro atoms. The Morgan fingerprint density at radius 2 is 1.74 bits per heavy atom. The molecule has 0 aliphatic heterocycles. The number of aliphatic hydroxyl groups excluding tert-OH is 1. The first kappa shape index (κ1) is 18.2. The van der Waals surface area contributed by atoms with Gasteiger partial charge in [0.2, 0.25) is 5.91 Å². The van der Waals surface area contributed by atoms with Crippen LogP contribution in [0.5, 0.6) is 0 Å². The minimum atomic E-state index is -0.450. The van der Waals surface area contributed by atoms with E-state index in [1.54, 1.807) is 6.20 Å². The molecule has 0 unspecified atom stereocenters. The van der Waals surface area contributed by atoms with Gasteiger partial charge in [-0.2, -0.15) is 0 Å². The molecule has 1 amide bonds. The summed E-state index contributed by atoms with van der Waals surface area (Å²) in [6.07, 6.45) is 8.11. The number of hydrogen-bond acceptors (Lipinski definition) is 3. The zero-order valence-corrected chi connectivity index (χ0v) is 15.7. The Balaban J connectivity index is 1.62. The van der Waals surface area contributed by atoms with Crippen molar-refractivity contribution < 1.29 is 9.90 Å². The fourth-order valence-electron chi connectivity index (χ4n) is 4.73. The van der Waals surface area contributed by atoms with Crippen LogP contribution in [0.4, 0.5) is 0 Å². The Hall–Kier alpha value is -2.20. The minimum absolute atomic E-state index is 0.116. The van der Waals surface area contributed by atoms with Crippen molar-refractivity contribution in [1.82, 2.24) is 10.3 Å². The second-order valence-electron chi connectivity index (χ2n) is 8.10. The van der Waals surface area contributed by atoms with E-state index in [0.717, 1.165) is 49.8 Å². The Labute approximate surface area is 161 Å². The van der Waals surface area contributed by atoms with Crippen LogP contribution in [0.2, 0.25) is 0 Å². The first-order valence-corrected chi connectivity index (χ1v) is 10.1. The van der Waals surface area contributed by atoms with Crippen LogP contribution in [0.3, 0.4) is 0 Å². The summed E-state index contributed by atoms with van der Waals surface area (Å²) in [6, 6.07) is 15.9. The molecule has 1 aromatic heterocycles. The highest BCUT2D eigenvalue weighted by molar-refractivity contribution is 5.88. The van der Waals surface area contributed by atoms with Gasteiger partial charge in [-0.15, -0.1) is 0 Å². The normalized spacial score (nSPS) is 25.2. The summed E-state index contributed by atoms with van der Waals surface area (Å²) in [7, 11) is 0. The molecular formula is C23H28N2O2. The fraction of sp³-hybridized carbons (Fsp3) is 0.478. The van der Waals surface area contributed by atoms with E-state index in [-0.39, 0.29) is 24.0 Å². The topological polar surface area (TPSA) is 62.2 Å². The van der Waals surface area contributed by atoms with Gasteiger partial charge in [0.05, 0.1) is 23.3 Å². The summed E-state index contributed by atoms with van der Waals surface area (Å²) in [5.41, 5.74) is 1.56. The number of amides is 1. The molecule has 2 aliphatic carbocycles. The lowest BCUT2D eigenvalue weighted by molar-refractivity contribution is -0.130. The highest BCUT2D eigenvalue weighted by Gasteiger charge is 2.44. The molecule has 2 fully saturated rings. The monoisotopic (exact) mass is 364 g/mol. The molecule has 2 N–H and O–H groups in total. The average Bonchev–Trinajstić information content (AvgIpc) is 2.71. The number of rotatable bonds is 5. The van der Waals surface area contributed by atoms with E-state index in [9.17, 15) is 9.90 Å². The van der Waals surface area contributed by atoms with Gasteiger partial charge in [-0.25, -0.2) is 0 Å². The summed E-state index contributed by atoms with van der Waals surface area (Å²) in [4.78, 5) is 18.1. The lowest BCUT2D eigenvalue weighted by Crippen LogP contribution is -2.50. The van der Waals surface area contributed by atoms with Crippen molar-refractivity contribution in [3.8, 4) is 0 Å². The highest BCUT2D eigenvalue weighted by Crippen LogP contribution is 2.42. The molecule has 4 rings (SSSR count). The van der Waals surface area contributed by atoms with E-state index in [0.29, 0.717) is 0 Å². The van der Waals surface area contributed by atoms with Crippen molar-refractivity contribution in [3.63, 3.8) is 0 Å². The molecule has 2 saturated carbocycles. The molecule has 1 heterocycles. The van der Waals surface area contributed by atoms with E-state index in [4.69, 9.17) is 0 Å². The van der Waals surface area contributed by atoms with E-state index < -0.39 is 5.41 Å². The van der Waals surface area contributed by atoms with Gasteiger partial charge < -0.3 is 10.4 Å². The largest absolute Gasteiger partial charge is 0.393 e. The molecule has 1 aromatic carbocycles. The third kappa shape index (κ3) is 3.63. The van der Waals surface area contributed by atoms with Gasteiger partial charge in [0.15, 0.2) is 0 Å². The van der Waals surface area contributed by atoms with Crippen molar-refractivity contribution >= 4 is 5.91 Å². The van der Waals surface area contributed by atoms with Crippen LogP contribution < -0.4 is 5.32 Å². The first-order chi connectivity index (χ1) is 13.2. The summed E-state index contributed by atoms with van der Waals surface area (Å²) >= 11 is 0. The van der Waals surface area contributed by atoms with Gasteiger partial charge in [0.1, 0.15) is 0 Å². The van der Waals surface area contributed by atoms with Crippen LogP contribution in [0.1, 0.15) is 62.2 Å². The number of aliphatic hydroxyl groups is 1. The van der Waals surface area contributed by atoms with Gasteiger partial charge in [0, 0.05) is 6.20 Å². The number of carbonyl (C=O) groups excluding carboxylic acids is 1. The van der Waals surface area contributed by atoms with Gasteiger partial charge in [-0.1, -0.05) is 55.7 Å². The van der Waals surface area contributed by atoms with E-state index in [1.807, 2.05) is 36.4 Å². The molecule has 142 valence electrons. The van der Waals surface area contributed by atoms with Crippen molar-refractivity contribution in [2.24, 2.45) is 5.92 Å². The second-order valence-corrected chi connectivity index (χ2v) is 8.10. The minimum Gasteiger partial charge on any atom is -0.393 e. The average molecular weight is 364 g/mol.